The molecule has 32 heavy (non-hydrogen) atoms. The molecule has 4 rings (SSSR count). The Hall–Kier alpha value is -4.12. The number of carboxylic acids is 1. The van der Waals surface area contributed by atoms with E-state index in [2.05, 4.69) is 41.0 Å². The molecule has 4 aromatic rings. The number of aryl methyl sites for hydroxylation is 2. The van der Waals surface area contributed by atoms with Crippen LogP contribution in [-0.2, 0) is 11.2 Å². The van der Waals surface area contributed by atoms with Gasteiger partial charge in [0.05, 0.1) is 12.1 Å². The summed E-state index contributed by atoms with van der Waals surface area (Å²) in [6.07, 6.45) is 0.434. The number of nitrogens with two attached hydrogens (primary N) is 1. The first-order valence-corrected chi connectivity index (χ1v) is 10.4. The number of carbonyl (C=O) groups is 2. The monoisotopic (exact) mass is 424 g/mol. The highest BCUT2D eigenvalue weighted by atomic mass is 16.4. The Balaban J connectivity index is 1.79. The molecular weight excluding hydrogens is 400 g/mol. The molecule has 1 amide bonds. The molecule has 1 aromatic heterocycles. The highest BCUT2D eigenvalue weighted by Gasteiger charge is 2.16. The third-order valence-electron chi connectivity index (χ3n) is 5.57. The maximum atomic E-state index is 11.6. The third kappa shape index (κ3) is 4.32. The first-order valence-electron chi connectivity index (χ1n) is 10.4. The van der Waals surface area contributed by atoms with Crippen LogP contribution in [0.3, 0.4) is 0 Å². The zero-order chi connectivity index (χ0) is 22.7. The van der Waals surface area contributed by atoms with Gasteiger partial charge in [0.1, 0.15) is 0 Å². The van der Waals surface area contributed by atoms with Crippen LogP contribution in [0.4, 0.5) is 0 Å². The summed E-state index contributed by atoms with van der Waals surface area (Å²) in [7, 11) is 0. The molecule has 0 unspecified atom stereocenters. The smallest absolute Gasteiger partial charge is 0.303 e. The van der Waals surface area contributed by atoms with Gasteiger partial charge in [0.25, 0.3) is 0 Å². The van der Waals surface area contributed by atoms with E-state index in [1.54, 1.807) is 12.1 Å². The number of primary amides is 1. The number of aliphatic carboxylic acids is 1. The molecule has 0 bridgehead atoms. The lowest BCUT2D eigenvalue weighted by molar-refractivity contribution is -0.136. The van der Waals surface area contributed by atoms with E-state index in [4.69, 9.17) is 5.73 Å². The minimum absolute atomic E-state index is 0.0365. The van der Waals surface area contributed by atoms with Crippen molar-refractivity contribution in [1.82, 2.24) is 4.57 Å². The molecule has 5 nitrogen and oxygen atoms in total. The molecule has 5 heteroatoms. The summed E-state index contributed by atoms with van der Waals surface area (Å²) >= 11 is 0. The molecule has 160 valence electrons. The molecule has 3 N–H and O–H groups in total. The van der Waals surface area contributed by atoms with Crippen molar-refractivity contribution >= 4 is 11.9 Å². The zero-order valence-corrected chi connectivity index (χ0v) is 17.8. The standard InChI is InChI=1S/C27H24N2O3/c1-18-17-22(27(28)32)11-14-24(18)29-23(13-16-26(30)31)12-15-25(29)21-9-7-20(8-10-21)19-5-3-2-4-6-19/h2-12,14-15,17H,13,16H2,1H3,(H2,28,32)(H,30,31). The van der Waals surface area contributed by atoms with Crippen LogP contribution in [0.1, 0.15) is 28.0 Å². The van der Waals surface area contributed by atoms with Gasteiger partial charge in [-0.05, 0) is 65.9 Å². The summed E-state index contributed by atoms with van der Waals surface area (Å²) in [5, 5.41) is 9.19. The van der Waals surface area contributed by atoms with Crippen LogP contribution in [0.2, 0.25) is 0 Å². The van der Waals surface area contributed by atoms with Crippen LogP contribution in [0.5, 0.6) is 0 Å². The van der Waals surface area contributed by atoms with Crippen LogP contribution in [-0.4, -0.2) is 21.6 Å². The largest absolute Gasteiger partial charge is 0.481 e. The number of benzene rings is 3. The van der Waals surface area contributed by atoms with E-state index >= 15 is 0 Å². The predicted octanol–water partition coefficient (Wildman–Crippen LogP) is 5.24. The molecule has 0 aliphatic rings. The summed E-state index contributed by atoms with van der Waals surface area (Å²) in [6.45, 7) is 1.92. The van der Waals surface area contributed by atoms with Gasteiger partial charge in [0.15, 0.2) is 0 Å². The van der Waals surface area contributed by atoms with E-state index in [9.17, 15) is 14.7 Å². The van der Waals surface area contributed by atoms with E-state index in [1.807, 2.05) is 43.3 Å². The molecule has 0 saturated carbocycles. The van der Waals surface area contributed by atoms with Gasteiger partial charge in [0.2, 0.25) is 5.91 Å². The van der Waals surface area contributed by atoms with E-state index in [1.165, 1.54) is 0 Å². The number of nitrogens with zero attached hydrogens (tertiary/aromatic N) is 1. The van der Waals surface area contributed by atoms with Crippen molar-refractivity contribution in [3.8, 4) is 28.1 Å². The Morgan fingerprint density at radius 2 is 1.50 bits per heavy atom. The number of carboxylic acid groups (broad SMARTS) is 1. The van der Waals surface area contributed by atoms with Crippen LogP contribution >= 0.6 is 0 Å². The molecular formula is C27H24N2O3. The molecule has 3 aromatic carbocycles. The summed E-state index contributed by atoms with van der Waals surface area (Å²) < 4.78 is 2.07. The highest BCUT2D eigenvalue weighted by Crippen LogP contribution is 2.31. The van der Waals surface area contributed by atoms with Gasteiger partial charge in [-0.3, -0.25) is 9.59 Å². The van der Waals surface area contributed by atoms with E-state index < -0.39 is 11.9 Å². The Morgan fingerprint density at radius 1 is 0.844 bits per heavy atom. The van der Waals surface area contributed by atoms with Crippen LogP contribution in [0, 0.1) is 6.92 Å². The SMILES string of the molecule is Cc1cc(C(N)=O)ccc1-n1c(CCC(=O)O)ccc1-c1ccc(-c2ccccc2)cc1. The van der Waals surface area contributed by atoms with Gasteiger partial charge in [-0.2, -0.15) is 0 Å². The van der Waals surface area contributed by atoms with Crippen molar-refractivity contribution in [1.29, 1.82) is 0 Å². The van der Waals surface area contributed by atoms with Crippen molar-refractivity contribution in [2.75, 3.05) is 0 Å². The first-order chi connectivity index (χ1) is 15.4. The number of amides is 1. The number of aromatic nitrogens is 1. The van der Waals surface area contributed by atoms with Crippen molar-refractivity contribution in [3.05, 3.63) is 102 Å². The van der Waals surface area contributed by atoms with Crippen LogP contribution in [0.15, 0.2) is 84.9 Å². The fraction of sp³-hybridized carbons (Fsp3) is 0.111. The minimum atomic E-state index is -0.840. The Morgan fingerprint density at radius 3 is 2.12 bits per heavy atom. The molecule has 1 heterocycles. The van der Waals surface area contributed by atoms with Gasteiger partial charge in [-0.15, -0.1) is 0 Å². The lowest BCUT2D eigenvalue weighted by atomic mass is 10.0. The maximum Gasteiger partial charge on any atom is 0.303 e. The van der Waals surface area contributed by atoms with Gasteiger partial charge < -0.3 is 15.4 Å². The minimum Gasteiger partial charge on any atom is -0.481 e. The lowest BCUT2D eigenvalue weighted by Crippen LogP contribution is -2.12. The normalized spacial score (nSPS) is 10.8. The van der Waals surface area contributed by atoms with Gasteiger partial charge in [-0.1, -0.05) is 54.6 Å². The fourth-order valence-electron chi connectivity index (χ4n) is 3.94. The summed E-state index contributed by atoms with van der Waals surface area (Å²) in [6, 6.07) is 27.8. The highest BCUT2D eigenvalue weighted by molar-refractivity contribution is 5.93. The van der Waals surface area contributed by atoms with Crippen molar-refractivity contribution in [3.63, 3.8) is 0 Å². The Bertz CT molecular complexity index is 1270. The molecule has 0 spiro atoms. The van der Waals surface area contributed by atoms with Gasteiger partial charge in [0, 0.05) is 16.9 Å². The van der Waals surface area contributed by atoms with Crippen molar-refractivity contribution < 1.29 is 14.7 Å². The van der Waals surface area contributed by atoms with Gasteiger partial charge >= 0.3 is 5.97 Å². The maximum absolute atomic E-state index is 11.6. The van der Waals surface area contributed by atoms with Crippen LogP contribution in [0.25, 0.3) is 28.1 Å². The van der Waals surface area contributed by atoms with Gasteiger partial charge in [-0.25, -0.2) is 0 Å². The second-order valence-electron chi connectivity index (χ2n) is 7.75. The predicted molar refractivity (Wildman–Crippen MR) is 126 cm³/mol. The third-order valence-corrected chi connectivity index (χ3v) is 5.57. The topological polar surface area (TPSA) is 85.3 Å². The molecule has 0 aliphatic heterocycles. The summed E-state index contributed by atoms with van der Waals surface area (Å²) in [4.78, 5) is 22.8. The summed E-state index contributed by atoms with van der Waals surface area (Å²) in [5.74, 6) is -1.32. The Labute approximate surface area is 186 Å². The lowest BCUT2D eigenvalue weighted by Gasteiger charge is -2.17. The number of rotatable bonds is 7. The number of hydrogen-bond acceptors (Lipinski definition) is 2. The second-order valence-corrected chi connectivity index (χ2v) is 7.75. The number of carbonyl (C=O) groups excluding carboxylic acids is 1. The average Bonchev–Trinajstić information content (AvgIpc) is 3.22. The van der Waals surface area contributed by atoms with E-state index in [0.29, 0.717) is 12.0 Å². The Kier molecular flexibility index (Phi) is 5.90. The van der Waals surface area contributed by atoms with Crippen LogP contribution < -0.4 is 5.73 Å². The molecule has 0 aliphatic carbocycles. The molecule has 0 atom stereocenters. The van der Waals surface area contributed by atoms with Crippen molar-refractivity contribution in [2.24, 2.45) is 5.73 Å². The average molecular weight is 425 g/mol. The first kappa shape index (κ1) is 21.1. The summed E-state index contributed by atoms with van der Waals surface area (Å²) in [5.41, 5.74) is 12.8. The fourth-order valence-corrected chi connectivity index (χ4v) is 3.94. The van der Waals surface area contributed by atoms with E-state index in [0.717, 1.165) is 39.3 Å². The second kappa shape index (κ2) is 8.94. The molecule has 0 radical (unpaired) electrons. The van der Waals surface area contributed by atoms with Crippen molar-refractivity contribution in [2.45, 2.75) is 19.8 Å². The quantitative estimate of drug-likeness (QED) is 0.426. The molecule has 0 fully saturated rings. The zero-order valence-electron chi connectivity index (χ0n) is 17.8. The number of hydrogen-bond donors (Lipinski definition) is 2. The molecule has 0 saturated heterocycles. The van der Waals surface area contributed by atoms with E-state index in [-0.39, 0.29) is 6.42 Å².